The van der Waals surface area contributed by atoms with Crippen molar-refractivity contribution in [2.24, 2.45) is 4.99 Å². The zero-order chi connectivity index (χ0) is 19.7. The molecule has 0 saturated heterocycles. The van der Waals surface area contributed by atoms with E-state index in [9.17, 15) is 4.79 Å². The van der Waals surface area contributed by atoms with Gasteiger partial charge in [0.2, 0.25) is 0 Å². The summed E-state index contributed by atoms with van der Waals surface area (Å²) in [6.07, 6.45) is 5.41. The van der Waals surface area contributed by atoms with E-state index >= 15 is 0 Å². The highest BCUT2D eigenvalue weighted by Crippen LogP contribution is 2.27. The third-order valence-electron chi connectivity index (χ3n) is 4.47. The Labute approximate surface area is 167 Å². The van der Waals surface area contributed by atoms with E-state index in [0.717, 1.165) is 11.4 Å². The van der Waals surface area contributed by atoms with Crippen LogP contribution in [-0.4, -0.2) is 33.0 Å². The molecule has 28 heavy (non-hydrogen) atoms. The second-order valence-corrected chi connectivity index (χ2v) is 7.55. The molecule has 0 radical (unpaired) electrons. The predicted octanol–water partition coefficient (Wildman–Crippen LogP) is 3.96. The molecule has 2 aliphatic heterocycles. The molecule has 1 N–H and O–H groups in total. The summed E-state index contributed by atoms with van der Waals surface area (Å²) in [5, 5.41) is 10.7. The first kappa shape index (κ1) is 18.3. The van der Waals surface area contributed by atoms with Crippen LogP contribution in [0, 0.1) is 19.3 Å². The Morgan fingerprint density at radius 2 is 2.04 bits per heavy atom. The first-order chi connectivity index (χ1) is 13.5. The number of rotatable bonds is 5. The van der Waals surface area contributed by atoms with Crippen LogP contribution in [-0.2, 0) is 11.3 Å². The number of ether oxygens (including phenoxy) is 1. The molecular weight excluding hydrogens is 372 g/mol. The van der Waals surface area contributed by atoms with Gasteiger partial charge in [0.05, 0.1) is 12.1 Å². The lowest BCUT2D eigenvalue weighted by Gasteiger charge is -2.22. The van der Waals surface area contributed by atoms with Gasteiger partial charge in [-0.15, -0.1) is 0 Å². The smallest absolute Gasteiger partial charge is 0.283 e. The average Bonchev–Trinajstić information content (AvgIpc) is 3.27. The number of carbonyl (C=O) groups is 1. The van der Waals surface area contributed by atoms with Crippen molar-refractivity contribution >= 4 is 34.7 Å². The van der Waals surface area contributed by atoms with Gasteiger partial charge in [-0.1, -0.05) is 17.8 Å². The van der Waals surface area contributed by atoms with Gasteiger partial charge < -0.3 is 9.30 Å². The SMILES string of the molecule is Cc1cc(C)cc(OCCn2cccc2C=C2C(=N)N3C=CSC3=NC2=O)c1. The van der Waals surface area contributed by atoms with Crippen LogP contribution in [0.5, 0.6) is 5.75 Å². The molecule has 2 aromatic rings. The third-order valence-corrected chi connectivity index (χ3v) is 5.22. The quantitative estimate of drug-likeness (QED) is 0.782. The minimum Gasteiger partial charge on any atom is -0.492 e. The fourth-order valence-electron chi connectivity index (χ4n) is 3.22. The Kier molecular flexibility index (Phi) is 4.92. The molecule has 1 aromatic heterocycles. The zero-order valence-corrected chi connectivity index (χ0v) is 16.5. The number of amides is 1. The Bertz CT molecular complexity index is 1030. The van der Waals surface area contributed by atoms with Crippen molar-refractivity contribution in [3.63, 3.8) is 0 Å². The van der Waals surface area contributed by atoms with Crippen molar-refractivity contribution in [3.05, 3.63) is 70.5 Å². The van der Waals surface area contributed by atoms with Crippen LogP contribution in [0.1, 0.15) is 16.8 Å². The summed E-state index contributed by atoms with van der Waals surface area (Å²) in [4.78, 5) is 18.0. The fourth-order valence-corrected chi connectivity index (χ4v) is 3.92. The summed E-state index contributed by atoms with van der Waals surface area (Å²) in [5.41, 5.74) is 3.46. The Hall–Kier alpha value is -3.06. The molecule has 1 aromatic carbocycles. The van der Waals surface area contributed by atoms with Crippen LogP contribution < -0.4 is 4.74 Å². The summed E-state index contributed by atoms with van der Waals surface area (Å²) in [6.45, 7) is 5.24. The second kappa shape index (κ2) is 7.52. The summed E-state index contributed by atoms with van der Waals surface area (Å²) in [7, 11) is 0. The van der Waals surface area contributed by atoms with Gasteiger partial charge in [-0.2, -0.15) is 4.99 Å². The van der Waals surface area contributed by atoms with Crippen molar-refractivity contribution in [2.75, 3.05) is 6.61 Å². The van der Waals surface area contributed by atoms with E-state index in [1.807, 2.05) is 54.3 Å². The first-order valence-corrected chi connectivity index (χ1v) is 9.82. The van der Waals surface area contributed by atoms with E-state index in [-0.39, 0.29) is 17.3 Å². The van der Waals surface area contributed by atoms with E-state index in [4.69, 9.17) is 10.1 Å². The van der Waals surface area contributed by atoms with E-state index in [1.165, 1.54) is 22.9 Å². The molecule has 0 unspecified atom stereocenters. The van der Waals surface area contributed by atoms with Crippen LogP contribution in [0.15, 0.2) is 58.7 Å². The van der Waals surface area contributed by atoms with Crippen molar-refractivity contribution in [1.29, 1.82) is 5.41 Å². The highest BCUT2D eigenvalue weighted by molar-refractivity contribution is 8.16. The lowest BCUT2D eigenvalue weighted by atomic mass is 10.1. The normalized spacial score (nSPS) is 17.3. The maximum absolute atomic E-state index is 12.3. The minimum absolute atomic E-state index is 0.149. The summed E-state index contributed by atoms with van der Waals surface area (Å²) < 4.78 is 7.90. The van der Waals surface area contributed by atoms with Crippen LogP contribution in [0.2, 0.25) is 0 Å². The molecule has 6 nitrogen and oxygen atoms in total. The van der Waals surface area contributed by atoms with E-state index in [1.54, 1.807) is 17.2 Å². The van der Waals surface area contributed by atoms with E-state index in [2.05, 4.69) is 11.1 Å². The molecule has 0 atom stereocenters. The van der Waals surface area contributed by atoms with Gasteiger partial charge in [0.1, 0.15) is 18.2 Å². The molecule has 0 bridgehead atoms. The minimum atomic E-state index is -0.383. The summed E-state index contributed by atoms with van der Waals surface area (Å²) in [6, 6.07) is 9.98. The van der Waals surface area contributed by atoms with Gasteiger partial charge in [0.15, 0.2) is 5.17 Å². The Morgan fingerprint density at radius 1 is 1.25 bits per heavy atom. The maximum atomic E-state index is 12.3. The molecular formula is C21H20N4O2S. The number of fused-ring (bicyclic) bond motifs is 1. The topological polar surface area (TPSA) is 70.7 Å². The Morgan fingerprint density at radius 3 is 2.82 bits per heavy atom. The number of hydrogen-bond donors (Lipinski definition) is 1. The summed E-state index contributed by atoms with van der Waals surface area (Å²) >= 11 is 1.34. The standard InChI is InChI=1S/C21H20N4O2S/c1-14-10-15(2)12-17(11-14)27-8-6-24-5-3-4-16(24)13-18-19(22)25-7-9-28-21(25)23-20(18)26/h3-5,7,9-13,22H,6,8H2,1-2H3. The molecule has 0 spiro atoms. The van der Waals surface area contributed by atoms with Crippen molar-refractivity contribution in [1.82, 2.24) is 9.47 Å². The molecule has 0 fully saturated rings. The van der Waals surface area contributed by atoms with Gasteiger partial charge in [-0.25, -0.2) is 0 Å². The van der Waals surface area contributed by atoms with E-state index in [0.29, 0.717) is 18.3 Å². The zero-order valence-electron chi connectivity index (χ0n) is 15.7. The monoisotopic (exact) mass is 392 g/mol. The molecule has 0 aliphatic carbocycles. The van der Waals surface area contributed by atoms with Crippen molar-refractivity contribution in [2.45, 2.75) is 20.4 Å². The van der Waals surface area contributed by atoms with Gasteiger partial charge >= 0.3 is 0 Å². The third kappa shape index (κ3) is 3.66. The van der Waals surface area contributed by atoms with Crippen molar-refractivity contribution < 1.29 is 9.53 Å². The fraction of sp³-hybridized carbons (Fsp3) is 0.190. The van der Waals surface area contributed by atoms with Gasteiger partial charge in [-0.3, -0.25) is 15.1 Å². The molecule has 4 rings (SSSR count). The molecule has 1 amide bonds. The van der Waals surface area contributed by atoms with E-state index < -0.39 is 0 Å². The predicted molar refractivity (Wildman–Crippen MR) is 113 cm³/mol. The number of nitrogens with zero attached hydrogens (tertiary/aromatic N) is 3. The summed E-state index contributed by atoms with van der Waals surface area (Å²) in [5.74, 6) is 0.621. The Balaban J connectivity index is 1.48. The highest BCUT2D eigenvalue weighted by atomic mass is 32.2. The van der Waals surface area contributed by atoms with Gasteiger partial charge in [0.25, 0.3) is 5.91 Å². The van der Waals surface area contributed by atoms with Crippen LogP contribution in [0.4, 0.5) is 0 Å². The molecule has 7 heteroatoms. The lowest BCUT2D eigenvalue weighted by molar-refractivity contribution is -0.114. The van der Waals surface area contributed by atoms with Crippen LogP contribution >= 0.6 is 11.8 Å². The average molecular weight is 392 g/mol. The number of aliphatic imine (C=N–C) groups is 1. The first-order valence-electron chi connectivity index (χ1n) is 8.94. The lowest BCUT2D eigenvalue weighted by Crippen LogP contribution is -2.35. The largest absolute Gasteiger partial charge is 0.492 e. The molecule has 0 saturated carbocycles. The molecule has 142 valence electrons. The number of thioether (sulfide) groups is 1. The number of amidine groups is 2. The van der Waals surface area contributed by atoms with Crippen LogP contribution in [0.3, 0.4) is 0 Å². The maximum Gasteiger partial charge on any atom is 0.283 e. The molecule has 2 aliphatic rings. The number of carbonyl (C=O) groups excluding carboxylic acids is 1. The van der Waals surface area contributed by atoms with Crippen molar-refractivity contribution in [3.8, 4) is 5.75 Å². The second-order valence-electron chi connectivity index (χ2n) is 6.68. The van der Waals surface area contributed by atoms with Gasteiger partial charge in [-0.05, 0) is 60.7 Å². The number of aromatic nitrogens is 1. The van der Waals surface area contributed by atoms with Gasteiger partial charge in [0, 0.05) is 18.1 Å². The molecule has 3 heterocycles. The van der Waals surface area contributed by atoms with Crippen LogP contribution in [0.25, 0.3) is 6.08 Å². The highest BCUT2D eigenvalue weighted by Gasteiger charge is 2.31. The number of benzene rings is 1. The number of hydrogen-bond acceptors (Lipinski definition) is 4. The number of nitrogens with one attached hydrogen (secondary N) is 1. The number of aryl methyl sites for hydroxylation is 2.